The second-order valence-corrected chi connectivity index (χ2v) is 7.78. The molecule has 21 heavy (non-hydrogen) atoms. The van der Waals surface area contributed by atoms with Crippen LogP contribution in [0.3, 0.4) is 0 Å². The van der Waals surface area contributed by atoms with Crippen LogP contribution in [0, 0.1) is 5.92 Å². The average molecular weight is 333 g/mol. The zero-order valence-corrected chi connectivity index (χ0v) is 14.0. The number of rotatable bonds is 6. The number of esters is 1. The quantitative estimate of drug-likeness (QED) is 0.797. The number of methoxy groups -OCH3 is 1. The van der Waals surface area contributed by atoms with E-state index in [0.29, 0.717) is 0 Å². The van der Waals surface area contributed by atoms with E-state index in [1.807, 2.05) is 10.1 Å². The standard InChI is InChI=1S/C13H19NO5S2/c1-8(13(16)19-4)10(3)21(17,18)14-12(15)9(2)11-6-5-7-20-11/h5-10H,1-4H3,(H,14,15)/t8-,9+,10+/m1/s1. The second kappa shape index (κ2) is 7.04. The highest BCUT2D eigenvalue weighted by molar-refractivity contribution is 7.90. The maximum Gasteiger partial charge on any atom is 0.309 e. The van der Waals surface area contributed by atoms with Crippen LogP contribution in [-0.2, 0) is 24.3 Å². The zero-order valence-electron chi connectivity index (χ0n) is 12.3. The van der Waals surface area contributed by atoms with Crippen LogP contribution in [0.15, 0.2) is 17.5 Å². The third kappa shape index (κ3) is 4.28. The smallest absolute Gasteiger partial charge is 0.309 e. The summed E-state index contributed by atoms with van der Waals surface area (Å²) < 4.78 is 30.8. The largest absolute Gasteiger partial charge is 0.469 e. The normalized spacial score (nSPS) is 15.8. The molecule has 0 aliphatic rings. The number of hydrogen-bond donors (Lipinski definition) is 1. The Labute approximate surface area is 128 Å². The van der Waals surface area contributed by atoms with Gasteiger partial charge in [0.15, 0.2) is 0 Å². The van der Waals surface area contributed by atoms with Crippen LogP contribution in [-0.4, -0.2) is 32.7 Å². The maximum atomic E-state index is 12.1. The molecule has 118 valence electrons. The lowest BCUT2D eigenvalue weighted by Gasteiger charge is -2.19. The number of thiophene rings is 1. The molecule has 1 aromatic heterocycles. The summed E-state index contributed by atoms with van der Waals surface area (Å²) in [4.78, 5) is 24.2. The van der Waals surface area contributed by atoms with Crippen molar-refractivity contribution in [2.75, 3.05) is 7.11 Å². The van der Waals surface area contributed by atoms with Crippen LogP contribution in [0.5, 0.6) is 0 Å². The molecule has 0 aromatic carbocycles. The van der Waals surface area contributed by atoms with E-state index in [0.717, 1.165) is 4.88 Å². The molecular weight excluding hydrogens is 314 g/mol. The molecule has 1 heterocycles. The second-order valence-electron chi connectivity index (χ2n) is 4.77. The highest BCUT2D eigenvalue weighted by atomic mass is 32.2. The van der Waals surface area contributed by atoms with E-state index >= 15 is 0 Å². The first-order valence-corrected chi connectivity index (χ1v) is 8.80. The van der Waals surface area contributed by atoms with Crippen molar-refractivity contribution in [3.05, 3.63) is 22.4 Å². The molecule has 6 nitrogen and oxygen atoms in total. The van der Waals surface area contributed by atoms with E-state index in [-0.39, 0.29) is 0 Å². The van der Waals surface area contributed by atoms with Gasteiger partial charge in [0.2, 0.25) is 15.9 Å². The van der Waals surface area contributed by atoms with Crippen LogP contribution in [0.4, 0.5) is 0 Å². The molecule has 0 saturated heterocycles. The minimum absolute atomic E-state index is 0.569. The molecule has 1 aromatic rings. The molecule has 1 N–H and O–H groups in total. The summed E-state index contributed by atoms with van der Waals surface area (Å²) in [6.45, 7) is 4.45. The highest BCUT2D eigenvalue weighted by Crippen LogP contribution is 2.21. The lowest BCUT2D eigenvalue weighted by Crippen LogP contribution is -2.43. The van der Waals surface area contributed by atoms with E-state index in [1.54, 1.807) is 19.1 Å². The molecule has 0 aliphatic carbocycles. The number of hydrogen-bond acceptors (Lipinski definition) is 6. The van der Waals surface area contributed by atoms with Crippen molar-refractivity contribution in [3.8, 4) is 0 Å². The molecule has 3 atom stereocenters. The Kier molecular flexibility index (Phi) is 5.91. The highest BCUT2D eigenvalue weighted by Gasteiger charge is 2.34. The molecule has 8 heteroatoms. The molecule has 0 bridgehead atoms. The third-order valence-corrected chi connectivity index (χ3v) is 6.30. The van der Waals surface area contributed by atoms with Crippen LogP contribution < -0.4 is 4.72 Å². The van der Waals surface area contributed by atoms with Gasteiger partial charge < -0.3 is 4.74 Å². The lowest BCUT2D eigenvalue weighted by molar-refractivity contribution is -0.144. The van der Waals surface area contributed by atoms with Crippen molar-refractivity contribution < 1.29 is 22.7 Å². The van der Waals surface area contributed by atoms with Gasteiger partial charge in [-0.25, -0.2) is 8.42 Å². The fraction of sp³-hybridized carbons (Fsp3) is 0.538. The van der Waals surface area contributed by atoms with Crippen molar-refractivity contribution in [1.29, 1.82) is 0 Å². The van der Waals surface area contributed by atoms with Crippen LogP contribution in [0.1, 0.15) is 31.6 Å². The maximum absolute atomic E-state index is 12.1. The van der Waals surface area contributed by atoms with Gasteiger partial charge in [0.1, 0.15) is 0 Å². The van der Waals surface area contributed by atoms with Crippen molar-refractivity contribution in [2.45, 2.75) is 31.9 Å². The first-order chi connectivity index (χ1) is 9.70. The van der Waals surface area contributed by atoms with E-state index in [2.05, 4.69) is 4.74 Å². The molecule has 0 unspecified atom stereocenters. The Morgan fingerprint density at radius 2 is 1.90 bits per heavy atom. The van der Waals surface area contributed by atoms with Gasteiger partial charge in [0, 0.05) is 4.88 Å². The Balaban J connectivity index is 2.80. The Bertz CT molecular complexity index is 594. The van der Waals surface area contributed by atoms with Crippen molar-refractivity contribution >= 4 is 33.2 Å². The molecule has 0 spiro atoms. The molecule has 0 radical (unpaired) electrons. The van der Waals surface area contributed by atoms with Crippen LogP contribution >= 0.6 is 11.3 Å². The van der Waals surface area contributed by atoms with E-state index in [9.17, 15) is 18.0 Å². The number of ether oxygens (including phenoxy) is 1. The summed E-state index contributed by atoms with van der Waals surface area (Å²) in [6.07, 6.45) is 0. The number of carbonyl (C=O) groups excluding carboxylic acids is 2. The number of nitrogens with one attached hydrogen (secondary N) is 1. The molecule has 0 fully saturated rings. The third-order valence-electron chi connectivity index (χ3n) is 3.37. The summed E-state index contributed by atoms with van der Waals surface area (Å²) in [7, 11) is -2.76. The van der Waals surface area contributed by atoms with Crippen molar-refractivity contribution in [3.63, 3.8) is 0 Å². The van der Waals surface area contributed by atoms with Gasteiger partial charge in [0.05, 0.1) is 24.2 Å². The van der Waals surface area contributed by atoms with E-state index in [4.69, 9.17) is 0 Å². The monoisotopic (exact) mass is 333 g/mol. The number of carbonyl (C=O) groups is 2. The summed E-state index contributed by atoms with van der Waals surface area (Å²) in [5.41, 5.74) is 0. The molecule has 1 rings (SSSR count). The molecule has 1 amide bonds. The number of amides is 1. The van der Waals surface area contributed by atoms with Crippen LogP contribution in [0.2, 0.25) is 0 Å². The molecular formula is C13H19NO5S2. The predicted molar refractivity (Wildman–Crippen MR) is 80.4 cm³/mol. The zero-order chi connectivity index (χ0) is 16.2. The van der Waals surface area contributed by atoms with Gasteiger partial charge in [0.25, 0.3) is 0 Å². The topological polar surface area (TPSA) is 89.5 Å². The van der Waals surface area contributed by atoms with Gasteiger partial charge in [-0.15, -0.1) is 11.3 Å². The Morgan fingerprint density at radius 1 is 1.29 bits per heavy atom. The SMILES string of the molecule is COC(=O)[C@H](C)[C@H](C)S(=O)(=O)NC(=O)[C@@H](C)c1cccs1. The molecule has 0 aliphatic heterocycles. The number of sulfonamides is 1. The summed E-state index contributed by atoms with van der Waals surface area (Å²) in [5, 5.41) is 0.750. The summed E-state index contributed by atoms with van der Waals surface area (Å²) in [6, 6.07) is 3.56. The Morgan fingerprint density at radius 3 is 2.38 bits per heavy atom. The first kappa shape index (κ1) is 17.6. The average Bonchev–Trinajstić information content (AvgIpc) is 2.97. The summed E-state index contributed by atoms with van der Waals surface area (Å²) >= 11 is 1.38. The van der Waals surface area contributed by atoms with Gasteiger partial charge in [-0.3, -0.25) is 14.3 Å². The lowest BCUT2D eigenvalue weighted by atomic mass is 10.1. The van der Waals surface area contributed by atoms with Crippen molar-refractivity contribution in [1.82, 2.24) is 4.72 Å². The van der Waals surface area contributed by atoms with E-state index < -0.39 is 39.0 Å². The minimum atomic E-state index is -3.95. The van der Waals surface area contributed by atoms with E-state index in [1.165, 1.54) is 32.3 Å². The van der Waals surface area contributed by atoms with Gasteiger partial charge in [-0.1, -0.05) is 13.0 Å². The minimum Gasteiger partial charge on any atom is -0.469 e. The van der Waals surface area contributed by atoms with Gasteiger partial charge >= 0.3 is 5.97 Å². The first-order valence-electron chi connectivity index (χ1n) is 6.37. The van der Waals surface area contributed by atoms with Gasteiger partial charge in [-0.2, -0.15) is 0 Å². The van der Waals surface area contributed by atoms with Crippen LogP contribution in [0.25, 0.3) is 0 Å². The molecule has 0 saturated carbocycles. The summed E-state index contributed by atoms with van der Waals surface area (Å²) in [5.74, 6) is -2.68. The fourth-order valence-electron chi connectivity index (χ4n) is 1.63. The predicted octanol–water partition coefficient (Wildman–Crippen LogP) is 1.50. The van der Waals surface area contributed by atoms with Gasteiger partial charge in [-0.05, 0) is 25.3 Å². The van der Waals surface area contributed by atoms with Crippen molar-refractivity contribution in [2.24, 2.45) is 5.92 Å². The fourth-order valence-corrected chi connectivity index (χ4v) is 3.71. The Hall–Kier alpha value is -1.41.